The summed E-state index contributed by atoms with van der Waals surface area (Å²) in [5.74, 6) is -0.513. The van der Waals surface area contributed by atoms with Crippen molar-refractivity contribution >= 4 is 34.7 Å². The third-order valence-corrected chi connectivity index (χ3v) is 2.68. The lowest BCUT2D eigenvalue weighted by Gasteiger charge is -2.09. The fourth-order valence-electron chi connectivity index (χ4n) is 1.47. The van der Waals surface area contributed by atoms with Gasteiger partial charge in [-0.3, -0.25) is 0 Å². The number of halogens is 2. The monoisotopic (exact) mass is 279 g/mol. The van der Waals surface area contributed by atoms with E-state index in [9.17, 15) is 9.18 Å². The van der Waals surface area contributed by atoms with E-state index in [1.165, 1.54) is 24.3 Å². The molecular weight excluding hydrogens is 269 g/mol. The van der Waals surface area contributed by atoms with E-state index in [0.717, 1.165) is 0 Å². The molecule has 0 spiro atoms. The first-order valence-corrected chi connectivity index (χ1v) is 5.81. The van der Waals surface area contributed by atoms with Crippen molar-refractivity contribution in [2.75, 3.05) is 16.4 Å². The van der Waals surface area contributed by atoms with Crippen LogP contribution >= 0.6 is 11.6 Å². The van der Waals surface area contributed by atoms with E-state index >= 15 is 0 Å². The van der Waals surface area contributed by atoms with Gasteiger partial charge in [0.05, 0.1) is 16.4 Å². The van der Waals surface area contributed by atoms with Crippen molar-refractivity contribution in [2.24, 2.45) is 0 Å². The summed E-state index contributed by atoms with van der Waals surface area (Å²) in [6, 6.07) is 9.97. The summed E-state index contributed by atoms with van der Waals surface area (Å²) in [4.78, 5) is 11.7. The second-order valence-corrected chi connectivity index (χ2v) is 4.21. The van der Waals surface area contributed by atoms with Crippen LogP contribution in [0.3, 0.4) is 0 Å². The van der Waals surface area contributed by atoms with Gasteiger partial charge in [0.25, 0.3) is 0 Å². The molecular formula is C13H11ClFN3O. The Labute approximate surface area is 114 Å². The van der Waals surface area contributed by atoms with Gasteiger partial charge in [-0.1, -0.05) is 23.7 Å². The number of hydrogen-bond donors (Lipinski definition) is 3. The van der Waals surface area contributed by atoms with Gasteiger partial charge in [-0.2, -0.15) is 0 Å². The summed E-state index contributed by atoms with van der Waals surface area (Å²) in [6.45, 7) is 0. The van der Waals surface area contributed by atoms with Gasteiger partial charge in [0.1, 0.15) is 5.82 Å². The molecule has 2 rings (SSSR count). The summed E-state index contributed by atoms with van der Waals surface area (Å²) >= 11 is 5.91. The van der Waals surface area contributed by atoms with Crippen LogP contribution in [0.2, 0.25) is 5.02 Å². The first-order chi connectivity index (χ1) is 9.06. The highest BCUT2D eigenvalue weighted by Gasteiger charge is 2.08. The van der Waals surface area contributed by atoms with Crippen LogP contribution in [0.15, 0.2) is 42.5 Å². The Bertz CT molecular complexity index is 619. The van der Waals surface area contributed by atoms with Crippen molar-refractivity contribution in [1.82, 2.24) is 0 Å². The van der Waals surface area contributed by atoms with Crippen LogP contribution in [0.4, 0.5) is 26.2 Å². The van der Waals surface area contributed by atoms with Gasteiger partial charge >= 0.3 is 6.03 Å². The molecule has 0 bridgehead atoms. The number of anilines is 3. The van der Waals surface area contributed by atoms with Crippen molar-refractivity contribution in [2.45, 2.75) is 0 Å². The normalized spacial score (nSPS) is 10.0. The minimum atomic E-state index is -0.586. The highest BCUT2D eigenvalue weighted by Crippen LogP contribution is 2.24. The third-order valence-electron chi connectivity index (χ3n) is 2.36. The molecule has 0 unspecified atom stereocenters. The Morgan fingerprint density at radius 2 is 1.79 bits per heavy atom. The summed E-state index contributed by atoms with van der Waals surface area (Å²) in [6.07, 6.45) is 0. The molecule has 2 amide bonds. The third kappa shape index (κ3) is 3.35. The van der Waals surface area contributed by atoms with E-state index in [1.807, 2.05) is 0 Å². The van der Waals surface area contributed by atoms with Gasteiger partial charge in [-0.15, -0.1) is 0 Å². The molecule has 6 heteroatoms. The smallest absolute Gasteiger partial charge is 0.323 e. The van der Waals surface area contributed by atoms with E-state index in [-0.39, 0.29) is 5.69 Å². The lowest BCUT2D eigenvalue weighted by atomic mass is 10.3. The topological polar surface area (TPSA) is 67.1 Å². The first-order valence-electron chi connectivity index (χ1n) is 5.44. The molecule has 0 aliphatic carbocycles. The molecule has 0 saturated heterocycles. The Kier molecular flexibility index (Phi) is 3.87. The van der Waals surface area contributed by atoms with Crippen LogP contribution < -0.4 is 16.4 Å². The standard InChI is InChI=1S/C13H11ClFN3O/c14-9-7-8(16)5-6-11(9)17-13(19)18-12-4-2-1-3-10(12)15/h1-7H,16H2,(H2,17,18,19). The Morgan fingerprint density at radius 3 is 2.47 bits per heavy atom. The van der Waals surface area contributed by atoms with Crippen LogP contribution in [0, 0.1) is 5.82 Å². The van der Waals surface area contributed by atoms with Gasteiger partial charge in [0.2, 0.25) is 0 Å². The molecule has 0 aliphatic rings. The van der Waals surface area contributed by atoms with Crippen molar-refractivity contribution in [3.8, 4) is 0 Å². The number of urea groups is 1. The van der Waals surface area contributed by atoms with Crippen LogP contribution in [-0.2, 0) is 0 Å². The van der Waals surface area contributed by atoms with E-state index in [0.29, 0.717) is 16.4 Å². The lowest BCUT2D eigenvalue weighted by molar-refractivity contribution is 0.262. The number of carbonyl (C=O) groups excluding carboxylic acids is 1. The molecule has 4 N–H and O–H groups in total. The molecule has 98 valence electrons. The zero-order chi connectivity index (χ0) is 13.8. The Morgan fingerprint density at radius 1 is 1.11 bits per heavy atom. The second-order valence-electron chi connectivity index (χ2n) is 3.80. The summed E-state index contributed by atoms with van der Waals surface area (Å²) in [7, 11) is 0. The van der Waals surface area contributed by atoms with Crippen molar-refractivity contribution in [3.05, 3.63) is 53.3 Å². The molecule has 0 aromatic heterocycles. The quantitative estimate of drug-likeness (QED) is 0.734. The number of amides is 2. The highest BCUT2D eigenvalue weighted by molar-refractivity contribution is 6.34. The number of para-hydroxylation sites is 1. The van der Waals surface area contributed by atoms with Crippen molar-refractivity contribution < 1.29 is 9.18 Å². The minimum absolute atomic E-state index is 0.0894. The first kappa shape index (κ1) is 13.2. The molecule has 0 fully saturated rings. The number of benzene rings is 2. The Balaban J connectivity index is 2.08. The molecule has 0 heterocycles. The molecule has 4 nitrogen and oxygen atoms in total. The number of nitrogen functional groups attached to an aromatic ring is 1. The van der Waals surface area contributed by atoms with E-state index < -0.39 is 11.8 Å². The van der Waals surface area contributed by atoms with Crippen LogP contribution in [0.25, 0.3) is 0 Å². The average Bonchev–Trinajstić information content (AvgIpc) is 2.36. The summed E-state index contributed by atoms with van der Waals surface area (Å²) in [5.41, 5.74) is 6.51. The molecule has 0 aliphatic heterocycles. The van der Waals surface area contributed by atoms with Crippen LogP contribution in [0.5, 0.6) is 0 Å². The number of rotatable bonds is 2. The lowest BCUT2D eigenvalue weighted by Crippen LogP contribution is -2.20. The van der Waals surface area contributed by atoms with Gasteiger partial charge in [-0.05, 0) is 30.3 Å². The molecule has 2 aromatic carbocycles. The van der Waals surface area contributed by atoms with Gasteiger partial charge in [0.15, 0.2) is 0 Å². The fourth-order valence-corrected chi connectivity index (χ4v) is 1.71. The fraction of sp³-hybridized carbons (Fsp3) is 0. The largest absolute Gasteiger partial charge is 0.399 e. The maximum atomic E-state index is 13.3. The number of hydrogen-bond acceptors (Lipinski definition) is 2. The molecule has 0 radical (unpaired) electrons. The minimum Gasteiger partial charge on any atom is -0.399 e. The van der Waals surface area contributed by atoms with Gasteiger partial charge < -0.3 is 16.4 Å². The predicted molar refractivity (Wildman–Crippen MR) is 74.9 cm³/mol. The molecule has 19 heavy (non-hydrogen) atoms. The molecule has 0 atom stereocenters. The summed E-state index contributed by atoms with van der Waals surface area (Å²) < 4.78 is 13.3. The second kappa shape index (κ2) is 5.58. The van der Waals surface area contributed by atoms with Crippen LogP contribution in [-0.4, -0.2) is 6.03 Å². The highest BCUT2D eigenvalue weighted by atomic mass is 35.5. The molecule has 2 aromatic rings. The van der Waals surface area contributed by atoms with Crippen LogP contribution in [0.1, 0.15) is 0 Å². The number of carbonyl (C=O) groups is 1. The zero-order valence-corrected chi connectivity index (χ0v) is 10.5. The van der Waals surface area contributed by atoms with E-state index in [2.05, 4.69) is 10.6 Å². The number of nitrogens with one attached hydrogen (secondary N) is 2. The van der Waals surface area contributed by atoms with Crippen molar-refractivity contribution in [3.63, 3.8) is 0 Å². The molecule has 0 saturated carbocycles. The maximum absolute atomic E-state index is 13.3. The van der Waals surface area contributed by atoms with E-state index in [1.54, 1.807) is 18.2 Å². The SMILES string of the molecule is Nc1ccc(NC(=O)Nc2ccccc2F)c(Cl)c1. The maximum Gasteiger partial charge on any atom is 0.323 e. The van der Waals surface area contributed by atoms with Crippen molar-refractivity contribution in [1.29, 1.82) is 0 Å². The number of nitrogens with two attached hydrogens (primary N) is 1. The summed E-state index contributed by atoms with van der Waals surface area (Å²) in [5, 5.41) is 5.20. The predicted octanol–water partition coefficient (Wildman–Crippen LogP) is 3.71. The van der Waals surface area contributed by atoms with E-state index in [4.69, 9.17) is 17.3 Å². The Hall–Kier alpha value is -2.27. The van der Waals surface area contributed by atoms with Gasteiger partial charge in [-0.25, -0.2) is 9.18 Å². The van der Waals surface area contributed by atoms with Gasteiger partial charge in [0, 0.05) is 5.69 Å². The average molecular weight is 280 g/mol. The zero-order valence-electron chi connectivity index (χ0n) is 9.78.